The molecule has 3 N–H and O–H groups in total. The van der Waals surface area contributed by atoms with E-state index in [9.17, 15) is 5.11 Å². The number of para-hydroxylation sites is 1. The summed E-state index contributed by atoms with van der Waals surface area (Å²) in [5.41, 5.74) is 1.66. The molecule has 0 bridgehead atoms. The number of benzene rings is 1. The predicted molar refractivity (Wildman–Crippen MR) is 86.7 cm³/mol. The normalized spacial score (nSPS) is 22.3. The van der Waals surface area contributed by atoms with Crippen molar-refractivity contribution in [2.45, 2.75) is 38.0 Å². The maximum absolute atomic E-state index is 9.92. The van der Waals surface area contributed by atoms with Crippen LogP contribution in [0.5, 0.6) is 5.75 Å². The fourth-order valence-corrected chi connectivity index (χ4v) is 4.04. The van der Waals surface area contributed by atoms with Crippen molar-refractivity contribution in [3.63, 3.8) is 0 Å². The van der Waals surface area contributed by atoms with Crippen LogP contribution >= 0.6 is 8.38 Å². The molecule has 1 saturated carbocycles. The van der Waals surface area contributed by atoms with Crippen LogP contribution in [0.15, 0.2) is 24.5 Å². The number of aromatic hydroxyl groups is 1. The summed E-state index contributed by atoms with van der Waals surface area (Å²) in [5.74, 6) is 1.18. The van der Waals surface area contributed by atoms with E-state index >= 15 is 0 Å². The van der Waals surface area contributed by atoms with Gasteiger partial charge in [-0.25, -0.2) is 9.97 Å². The van der Waals surface area contributed by atoms with Crippen LogP contribution in [0.2, 0.25) is 0 Å². The highest BCUT2D eigenvalue weighted by Crippen LogP contribution is 2.40. The molecule has 0 radical (unpaired) electrons. The summed E-state index contributed by atoms with van der Waals surface area (Å²) in [6, 6.07) is 5.46. The fourth-order valence-electron chi connectivity index (χ4n) is 3.44. The zero-order valence-corrected chi connectivity index (χ0v) is 13.3. The standard InChI is InChI=1S/C16H21N2O3P/c19-14-3-1-2-13-15(17-10-18-16(13)14)12-6-4-11(5-7-12)8-9-22(20)21/h1-3,10-12,19-21H,4-9H2. The number of hydrogen-bond acceptors (Lipinski definition) is 5. The third-order valence-electron chi connectivity index (χ3n) is 4.65. The molecule has 118 valence electrons. The van der Waals surface area contributed by atoms with Crippen LogP contribution in [0.25, 0.3) is 10.9 Å². The van der Waals surface area contributed by atoms with Gasteiger partial charge in [-0.1, -0.05) is 12.1 Å². The van der Waals surface area contributed by atoms with E-state index in [1.807, 2.05) is 12.1 Å². The summed E-state index contributed by atoms with van der Waals surface area (Å²) in [4.78, 5) is 26.7. The summed E-state index contributed by atoms with van der Waals surface area (Å²) >= 11 is 0. The van der Waals surface area contributed by atoms with Crippen LogP contribution in [0.3, 0.4) is 0 Å². The molecule has 6 heteroatoms. The Hall–Kier alpha value is -1.29. The highest BCUT2D eigenvalue weighted by Gasteiger charge is 2.25. The number of nitrogens with zero attached hydrogens (tertiary/aromatic N) is 2. The van der Waals surface area contributed by atoms with Crippen LogP contribution in [0.1, 0.15) is 43.7 Å². The van der Waals surface area contributed by atoms with Gasteiger partial charge in [-0.2, -0.15) is 0 Å². The highest BCUT2D eigenvalue weighted by atomic mass is 31.2. The van der Waals surface area contributed by atoms with Gasteiger partial charge >= 0.3 is 0 Å². The van der Waals surface area contributed by atoms with Gasteiger partial charge in [0.25, 0.3) is 0 Å². The average Bonchev–Trinajstić information content (AvgIpc) is 2.53. The lowest BCUT2D eigenvalue weighted by Crippen LogP contribution is -2.15. The smallest absolute Gasteiger partial charge is 0.164 e. The van der Waals surface area contributed by atoms with Crippen molar-refractivity contribution >= 4 is 19.3 Å². The molecule has 1 aliphatic rings. The summed E-state index contributed by atoms with van der Waals surface area (Å²) in [7, 11) is -1.76. The van der Waals surface area contributed by atoms with Crippen molar-refractivity contribution < 1.29 is 14.9 Å². The first-order chi connectivity index (χ1) is 10.6. The average molecular weight is 320 g/mol. The Morgan fingerprint density at radius 2 is 1.86 bits per heavy atom. The Balaban J connectivity index is 1.73. The van der Waals surface area contributed by atoms with Gasteiger partial charge in [0.1, 0.15) is 17.6 Å². The molecule has 0 spiro atoms. The lowest BCUT2D eigenvalue weighted by molar-refractivity contribution is 0.314. The topological polar surface area (TPSA) is 86.5 Å². The molecule has 1 heterocycles. The van der Waals surface area contributed by atoms with E-state index in [0.29, 0.717) is 23.5 Å². The SMILES string of the molecule is Oc1cccc2c(C3CCC(CCP(O)O)CC3)ncnc12. The molecule has 1 fully saturated rings. The Bertz CT molecular complexity index is 642. The van der Waals surface area contributed by atoms with Crippen LogP contribution in [-0.2, 0) is 0 Å². The third kappa shape index (κ3) is 3.37. The number of aromatic nitrogens is 2. The number of phenolic OH excluding ortho intramolecular Hbond substituents is 1. The Kier molecular flexibility index (Phi) is 4.87. The van der Waals surface area contributed by atoms with Crippen LogP contribution < -0.4 is 0 Å². The molecule has 22 heavy (non-hydrogen) atoms. The van der Waals surface area contributed by atoms with Crippen molar-refractivity contribution in [2.75, 3.05) is 6.16 Å². The first-order valence-electron chi connectivity index (χ1n) is 7.73. The van der Waals surface area contributed by atoms with Gasteiger partial charge < -0.3 is 14.9 Å². The third-order valence-corrected chi connectivity index (χ3v) is 5.30. The van der Waals surface area contributed by atoms with Crippen LogP contribution in [0.4, 0.5) is 0 Å². The fraction of sp³-hybridized carbons (Fsp3) is 0.500. The molecule has 1 aromatic heterocycles. The molecule has 0 unspecified atom stereocenters. The molecule has 0 amide bonds. The number of rotatable bonds is 4. The molecule has 0 aliphatic heterocycles. The van der Waals surface area contributed by atoms with Gasteiger partial charge in [0.05, 0.1) is 5.69 Å². The molecule has 0 saturated heterocycles. The maximum Gasteiger partial charge on any atom is 0.164 e. The van der Waals surface area contributed by atoms with Gasteiger partial charge in [0, 0.05) is 17.5 Å². The molecule has 0 atom stereocenters. The van der Waals surface area contributed by atoms with Crippen molar-refractivity contribution in [1.29, 1.82) is 0 Å². The number of fused-ring (bicyclic) bond motifs is 1. The number of hydrogen-bond donors (Lipinski definition) is 3. The van der Waals surface area contributed by atoms with E-state index in [0.717, 1.165) is 43.2 Å². The van der Waals surface area contributed by atoms with E-state index in [1.165, 1.54) is 6.33 Å². The van der Waals surface area contributed by atoms with Crippen LogP contribution in [0, 0.1) is 5.92 Å². The minimum Gasteiger partial charge on any atom is -0.506 e. The van der Waals surface area contributed by atoms with Gasteiger partial charge in [0.2, 0.25) is 0 Å². The molecule has 1 aliphatic carbocycles. The van der Waals surface area contributed by atoms with Gasteiger partial charge in [-0.05, 0) is 44.1 Å². The lowest BCUT2D eigenvalue weighted by Gasteiger charge is -2.28. The van der Waals surface area contributed by atoms with Gasteiger partial charge in [-0.3, -0.25) is 0 Å². The first kappa shape index (κ1) is 15.6. The second-order valence-electron chi connectivity index (χ2n) is 6.03. The summed E-state index contributed by atoms with van der Waals surface area (Å²) in [6.07, 6.45) is 7.26. The monoisotopic (exact) mass is 320 g/mol. The first-order valence-corrected chi connectivity index (χ1v) is 9.16. The van der Waals surface area contributed by atoms with Gasteiger partial charge in [0.15, 0.2) is 8.38 Å². The molecular weight excluding hydrogens is 299 g/mol. The number of phenols is 1. The highest BCUT2D eigenvalue weighted by molar-refractivity contribution is 7.45. The Morgan fingerprint density at radius 1 is 1.09 bits per heavy atom. The molecule has 5 nitrogen and oxygen atoms in total. The van der Waals surface area contributed by atoms with E-state index in [2.05, 4.69) is 9.97 Å². The second kappa shape index (κ2) is 6.86. The van der Waals surface area contributed by atoms with Gasteiger partial charge in [-0.15, -0.1) is 0 Å². The van der Waals surface area contributed by atoms with Crippen molar-refractivity contribution in [3.8, 4) is 5.75 Å². The minimum absolute atomic E-state index is 0.203. The van der Waals surface area contributed by atoms with Crippen LogP contribution in [-0.4, -0.2) is 31.0 Å². The van der Waals surface area contributed by atoms with E-state index in [4.69, 9.17) is 9.79 Å². The second-order valence-corrected chi connectivity index (χ2v) is 7.23. The zero-order valence-electron chi connectivity index (χ0n) is 12.4. The Morgan fingerprint density at radius 3 is 2.59 bits per heavy atom. The zero-order chi connectivity index (χ0) is 15.5. The van der Waals surface area contributed by atoms with Crippen molar-refractivity contribution in [3.05, 3.63) is 30.2 Å². The predicted octanol–water partition coefficient (Wildman–Crippen LogP) is 3.30. The lowest BCUT2D eigenvalue weighted by atomic mass is 9.78. The summed E-state index contributed by atoms with van der Waals surface area (Å²) in [6.45, 7) is 0. The quantitative estimate of drug-likeness (QED) is 0.753. The van der Waals surface area contributed by atoms with E-state index < -0.39 is 8.38 Å². The van der Waals surface area contributed by atoms with Crippen molar-refractivity contribution in [1.82, 2.24) is 9.97 Å². The molecule has 1 aromatic carbocycles. The minimum atomic E-state index is -1.76. The molecular formula is C16H21N2O3P. The summed E-state index contributed by atoms with van der Waals surface area (Å²) in [5, 5.41) is 10.9. The maximum atomic E-state index is 9.92. The van der Waals surface area contributed by atoms with Crippen molar-refractivity contribution in [2.24, 2.45) is 5.92 Å². The van der Waals surface area contributed by atoms with E-state index in [1.54, 1.807) is 6.07 Å². The molecule has 3 rings (SSSR count). The van der Waals surface area contributed by atoms with E-state index in [-0.39, 0.29) is 5.75 Å². The Labute approximate surface area is 131 Å². The largest absolute Gasteiger partial charge is 0.506 e. The summed E-state index contributed by atoms with van der Waals surface area (Å²) < 4.78 is 0. The molecule has 2 aromatic rings.